The Morgan fingerprint density at radius 1 is 1.10 bits per heavy atom. The van der Waals surface area contributed by atoms with Crippen LogP contribution >= 0.6 is 31.9 Å². The van der Waals surface area contributed by atoms with Crippen molar-refractivity contribution in [2.24, 2.45) is 0 Å². The van der Waals surface area contributed by atoms with Crippen molar-refractivity contribution >= 4 is 37.5 Å². The van der Waals surface area contributed by atoms with Crippen LogP contribution in [0.15, 0.2) is 51.4 Å². The molecule has 0 aromatic heterocycles. The smallest absolute Gasteiger partial charge is 0.0992 e. The fourth-order valence-corrected chi connectivity index (χ4v) is 3.60. The van der Waals surface area contributed by atoms with E-state index in [4.69, 9.17) is 5.26 Å². The zero-order chi connectivity index (χ0) is 14.8. The molecule has 0 radical (unpaired) electrons. The second-order valence-electron chi connectivity index (χ2n) is 5.37. The Morgan fingerprint density at radius 2 is 1.90 bits per heavy atom. The van der Waals surface area contributed by atoms with E-state index in [1.807, 2.05) is 18.2 Å². The molecule has 2 aromatic rings. The molecule has 0 heterocycles. The van der Waals surface area contributed by atoms with Gasteiger partial charge in [-0.2, -0.15) is 5.26 Å². The Bertz CT molecular complexity index is 700. The third-order valence-electron chi connectivity index (χ3n) is 3.92. The van der Waals surface area contributed by atoms with Crippen LogP contribution in [0.3, 0.4) is 0 Å². The topological polar surface area (TPSA) is 35.8 Å². The van der Waals surface area contributed by atoms with Gasteiger partial charge in [0.15, 0.2) is 0 Å². The van der Waals surface area contributed by atoms with Crippen LogP contribution in [0.5, 0.6) is 0 Å². The van der Waals surface area contributed by atoms with Crippen LogP contribution in [-0.2, 0) is 0 Å². The first-order valence-corrected chi connectivity index (χ1v) is 8.46. The highest BCUT2D eigenvalue weighted by Gasteiger charge is 2.30. The van der Waals surface area contributed by atoms with Crippen molar-refractivity contribution < 1.29 is 0 Å². The third-order valence-corrected chi connectivity index (χ3v) is 5.07. The summed E-state index contributed by atoms with van der Waals surface area (Å²) in [4.78, 5) is 0. The fraction of sp³-hybridized carbons (Fsp3) is 0.235. The highest BCUT2D eigenvalue weighted by Crippen LogP contribution is 2.40. The van der Waals surface area contributed by atoms with Crippen LogP contribution in [-0.4, -0.2) is 6.04 Å². The molecule has 106 valence electrons. The second-order valence-corrected chi connectivity index (χ2v) is 7.14. The van der Waals surface area contributed by atoms with Crippen molar-refractivity contribution in [3.63, 3.8) is 0 Å². The summed E-state index contributed by atoms with van der Waals surface area (Å²) in [5.41, 5.74) is 3.14. The van der Waals surface area contributed by atoms with Crippen molar-refractivity contribution in [1.29, 1.82) is 5.26 Å². The van der Waals surface area contributed by atoms with Crippen molar-refractivity contribution in [1.82, 2.24) is 0 Å². The van der Waals surface area contributed by atoms with Crippen LogP contribution < -0.4 is 5.32 Å². The molecule has 0 bridgehead atoms. The average Bonchev–Trinajstić information content (AvgIpc) is 2.43. The summed E-state index contributed by atoms with van der Waals surface area (Å²) in [6.45, 7) is 0. The third kappa shape index (κ3) is 3.30. The molecule has 0 atom stereocenters. The van der Waals surface area contributed by atoms with Gasteiger partial charge in [-0.05, 0) is 70.6 Å². The van der Waals surface area contributed by atoms with Crippen molar-refractivity contribution in [3.8, 4) is 6.07 Å². The molecule has 1 fully saturated rings. The van der Waals surface area contributed by atoms with Crippen molar-refractivity contribution in [3.05, 3.63) is 62.5 Å². The van der Waals surface area contributed by atoms with Crippen LogP contribution in [0.2, 0.25) is 0 Å². The SMILES string of the molecule is N#Cc1ccc(NC2CC(c3cccc(Br)c3)C2)c(Br)c1. The van der Waals surface area contributed by atoms with E-state index in [1.54, 1.807) is 0 Å². The number of halogens is 2. The standard InChI is InChI=1S/C17H14Br2N2/c18-14-3-1-2-12(7-14)13-8-15(9-13)21-17-5-4-11(10-20)6-16(17)19/h1-7,13,15,21H,8-9H2. The molecular formula is C17H14Br2N2. The molecule has 1 saturated carbocycles. The Morgan fingerprint density at radius 3 is 2.57 bits per heavy atom. The second kappa shape index (κ2) is 6.21. The minimum atomic E-state index is 0.498. The van der Waals surface area contributed by atoms with Crippen molar-refractivity contribution in [2.75, 3.05) is 5.32 Å². The lowest BCUT2D eigenvalue weighted by Crippen LogP contribution is -2.34. The molecule has 0 unspecified atom stereocenters. The number of nitrogens with zero attached hydrogens (tertiary/aromatic N) is 1. The molecule has 1 aliphatic carbocycles. The summed E-state index contributed by atoms with van der Waals surface area (Å²) in [5, 5.41) is 12.4. The van der Waals surface area contributed by atoms with Crippen LogP contribution in [0.4, 0.5) is 5.69 Å². The highest BCUT2D eigenvalue weighted by molar-refractivity contribution is 9.10. The summed E-state index contributed by atoms with van der Waals surface area (Å²) in [5.74, 6) is 0.636. The van der Waals surface area contributed by atoms with Gasteiger partial charge in [0.05, 0.1) is 11.6 Å². The minimum Gasteiger partial charge on any atom is -0.381 e. The number of rotatable bonds is 3. The zero-order valence-electron chi connectivity index (χ0n) is 11.3. The maximum atomic E-state index is 8.88. The van der Waals surface area contributed by atoms with Gasteiger partial charge in [-0.3, -0.25) is 0 Å². The Kier molecular flexibility index (Phi) is 4.32. The van der Waals surface area contributed by atoms with Gasteiger partial charge in [0.1, 0.15) is 0 Å². The summed E-state index contributed by atoms with van der Waals surface area (Å²) < 4.78 is 2.10. The van der Waals surface area contributed by atoms with Crippen molar-refractivity contribution in [2.45, 2.75) is 24.8 Å². The zero-order valence-corrected chi connectivity index (χ0v) is 14.5. The van der Waals surface area contributed by atoms with Gasteiger partial charge < -0.3 is 5.32 Å². The molecule has 0 amide bonds. The normalized spacial score (nSPS) is 20.4. The lowest BCUT2D eigenvalue weighted by Gasteiger charge is -2.37. The van der Waals surface area contributed by atoms with Crippen LogP contribution in [0.25, 0.3) is 0 Å². The first-order valence-electron chi connectivity index (χ1n) is 6.87. The summed E-state index contributed by atoms with van der Waals surface area (Å²) >= 11 is 7.05. The van der Waals surface area contributed by atoms with E-state index in [9.17, 15) is 0 Å². The van der Waals surface area contributed by atoms with Gasteiger partial charge in [-0.15, -0.1) is 0 Å². The first kappa shape index (κ1) is 14.6. The maximum absolute atomic E-state index is 8.88. The van der Waals surface area contributed by atoms with Gasteiger partial charge in [-0.1, -0.05) is 28.1 Å². The van der Waals surface area contributed by atoms with Gasteiger partial charge in [0.2, 0.25) is 0 Å². The van der Waals surface area contributed by atoms with E-state index >= 15 is 0 Å². The molecule has 1 aliphatic rings. The van der Waals surface area contributed by atoms with Gasteiger partial charge in [-0.25, -0.2) is 0 Å². The Hall–Kier alpha value is -1.31. The fourth-order valence-electron chi connectivity index (χ4n) is 2.69. The monoisotopic (exact) mass is 404 g/mol. The van der Waals surface area contributed by atoms with Gasteiger partial charge in [0, 0.05) is 20.7 Å². The molecule has 2 nitrogen and oxygen atoms in total. The number of hydrogen-bond acceptors (Lipinski definition) is 2. The van der Waals surface area contributed by atoms with E-state index in [-0.39, 0.29) is 0 Å². The number of benzene rings is 2. The number of anilines is 1. The van der Waals surface area contributed by atoms with E-state index in [1.165, 1.54) is 5.56 Å². The molecule has 0 spiro atoms. The predicted molar refractivity (Wildman–Crippen MR) is 92.4 cm³/mol. The van der Waals surface area contributed by atoms with Crippen LogP contribution in [0.1, 0.15) is 29.9 Å². The number of nitriles is 1. The summed E-state index contributed by atoms with van der Waals surface area (Å²) in [7, 11) is 0. The molecular weight excluding hydrogens is 392 g/mol. The minimum absolute atomic E-state index is 0.498. The molecule has 0 aliphatic heterocycles. The summed E-state index contributed by atoms with van der Waals surface area (Å²) in [6, 6.07) is 16.9. The van der Waals surface area contributed by atoms with Gasteiger partial charge >= 0.3 is 0 Å². The van der Waals surface area contributed by atoms with Gasteiger partial charge in [0.25, 0.3) is 0 Å². The molecule has 21 heavy (non-hydrogen) atoms. The number of hydrogen-bond donors (Lipinski definition) is 1. The molecule has 0 saturated heterocycles. The summed E-state index contributed by atoms with van der Waals surface area (Å²) in [6.07, 6.45) is 2.28. The Labute approximate surface area is 141 Å². The lowest BCUT2D eigenvalue weighted by molar-refractivity contribution is 0.374. The molecule has 2 aromatic carbocycles. The molecule has 3 rings (SSSR count). The molecule has 4 heteroatoms. The van der Waals surface area contributed by atoms with E-state index in [2.05, 4.69) is 67.5 Å². The molecule has 1 N–H and O–H groups in total. The first-order chi connectivity index (χ1) is 10.2. The maximum Gasteiger partial charge on any atom is 0.0992 e. The predicted octanol–water partition coefficient (Wildman–Crippen LogP) is 5.44. The highest BCUT2D eigenvalue weighted by atomic mass is 79.9. The lowest BCUT2D eigenvalue weighted by atomic mass is 9.76. The quantitative estimate of drug-likeness (QED) is 0.737. The van der Waals surface area contributed by atoms with Crippen LogP contribution in [0, 0.1) is 11.3 Å². The van der Waals surface area contributed by atoms with E-state index < -0.39 is 0 Å². The van der Waals surface area contributed by atoms with E-state index in [0.717, 1.165) is 27.5 Å². The largest absolute Gasteiger partial charge is 0.381 e. The Balaban J connectivity index is 1.61. The average molecular weight is 406 g/mol. The van der Waals surface area contributed by atoms with E-state index in [0.29, 0.717) is 17.5 Å². The number of nitrogens with one attached hydrogen (secondary N) is 1.